The molecule has 0 fully saturated rings. The van der Waals surface area contributed by atoms with Crippen LogP contribution in [0.5, 0.6) is 0 Å². The highest BCUT2D eigenvalue weighted by molar-refractivity contribution is 5.90. The molecule has 1 rings (SSSR count). The number of furan rings is 1. The number of ether oxygens (including phenoxy) is 1. The summed E-state index contributed by atoms with van der Waals surface area (Å²) >= 11 is 0. The lowest BCUT2D eigenvalue weighted by atomic mass is 10.2. The van der Waals surface area contributed by atoms with E-state index in [9.17, 15) is 9.59 Å². The fraction of sp³-hybridized carbons (Fsp3) is 0.538. The number of rotatable bonds is 7. The van der Waals surface area contributed by atoms with Crippen LogP contribution in [0, 0.1) is 6.92 Å². The van der Waals surface area contributed by atoms with Crippen LogP contribution in [-0.2, 0) is 16.1 Å². The number of hydrogen-bond donors (Lipinski definition) is 2. The summed E-state index contributed by atoms with van der Waals surface area (Å²) in [5.41, 5.74) is 0.391. The van der Waals surface area contributed by atoms with Gasteiger partial charge in [0.25, 0.3) is 0 Å². The van der Waals surface area contributed by atoms with E-state index in [2.05, 4.69) is 15.4 Å². The smallest absolute Gasteiger partial charge is 0.341 e. The standard InChI is InChI=1S/C13H20N2O4/c1-9-11(13(17)18-3)7-10(19-9)8-15-12(16)5-4-6-14-2/h7,14H,4-6,8H2,1-3H3,(H,15,16). The van der Waals surface area contributed by atoms with E-state index in [4.69, 9.17) is 4.42 Å². The summed E-state index contributed by atoms with van der Waals surface area (Å²) in [6, 6.07) is 1.59. The first-order valence-electron chi connectivity index (χ1n) is 6.17. The zero-order valence-corrected chi connectivity index (χ0v) is 11.5. The minimum Gasteiger partial charge on any atom is -0.465 e. The van der Waals surface area contributed by atoms with Crippen molar-refractivity contribution < 1.29 is 18.7 Å². The van der Waals surface area contributed by atoms with Gasteiger partial charge in [-0.1, -0.05) is 0 Å². The molecule has 0 spiro atoms. The molecule has 6 nitrogen and oxygen atoms in total. The van der Waals surface area contributed by atoms with E-state index in [1.807, 2.05) is 7.05 Å². The van der Waals surface area contributed by atoms with Crippen molar-refractivity contribution >= 4 is 11.9 Å². The zero-order valence-electron chi connectivity index (χ0n) is 11.5. The average molecular weight is 268 g/mol. The third-order valence-electron chi connectivity index (χ3n) is 2.66. The molecule has 0 saturated carbocycles. The minimum absolute atomic E-state index is 0.0380. The van der Waals surface area contributed by atoms with Gasteiger partial charge in [-0.3, -0.25) is 4.79 Å². The molecule has 1 heterocycles. The quantitative estimate of drug-likeness (QED) is 0.569. The molecule has 0 aliphatic heterocycles. The van der Waals surface area contributed by atoms with Crippen LogP contribution in [0.15, 0.2) is 10.5 Å². The van der Waals surface area contributed by atoms with Gasteiger partial charge in [0, 0.05) is 6.42 Å². The van der Waals surface area contributed by atoms with Gasteiger partial charge >= 0.3 is 5.97 Å². The van der Waals surface area contributed by atoms with Crippen molar-refractivity contribution in [2.75, 3.05) is 20.7 Å². The number of aryl methyl sites for hydroxylation is 1. The van der Waals surface area contributed by atoms with Gasteiger partial charge in [-0.25, -0.2) is 4.79 Å². The lowest BCUT2D eigenvalue weighted by molar-refractivity contribution is -0.121. The normalized spacial score (nSPS) is 10.3. The first-order valence-corrected chi connectivity index (χ1v) is 6.17. The number of hydrogen-bond acceptors (Lipinski definition) is 5. The van der Waals surface area contributed by atoms with Crippen LogP contribution in [0.3, 0.4) is 0 Å². The molecule has 0 aliphatic carbocycles. The van der Waals surface area contributed by atoms with Gasteiger partial charge < -0.3 is 19.8 Å². The monoisotopic (exact) mass is 268 g/mol. The van der Waals surface area contributed by atoms with Gasteiger partial charge in [-0.05, 0) is 33.0 Å². The molecule has 0 atom stereocenters. The van der Waals surface area contributed by atoms with Crippen molar-refractivity contribution in [2.45, 2.75) is 26.3 Å². The molecule has 1 aromatic rings. The van der Waals surface area contributed by atoms with E-state index in [1.165, 1.54) is 7.11 Å². The van der Waals surface area contributed by atoms with Crippen molar-refractivity contribution in [1.29, 1.82) is 0 Å². The van der Waals surface area contributed by atoms with Gasteiger partial charge in [0.15, 0.2) is 0 Å². The van der Waals surface area contributed by atoms with Crippen molar-refractivity contribution in [3.05, 3.63) is 23.2 Å². The van der Waals surface area contributed by atoms with E-state index in [-0.39, 0.29) is 12.5 Å². The molecule has 6 heteroatoms. The Balaban J connectivity index is 2.45. The Kier molecular flexibility index (Phi) is 6.08. The maximum Gasteiger partial charge on any atom is 0.341 e. The molecule has 0 aliphatic rings. The van der Waals surface area contributed by atoms with E-state index in [0.29, 0.717) is 23.5 Å². The van der Waals surface area contributed by atoms with Crippen LogP contribution in [0.25, 0.3) is 0 Å². The summed E-state index contributed by atoms with van der Waals surface area (Å²) in [6.07, 6.45) is 1.25. The molecule has 2 N–H and O–H groups in total. The van der Waals surface area contributed by atoms with Crippen LogP contribution >= 0.6 is 0 Å². The highest BCUT2D eigenvalue weighted by atomic mass is 16.5. The summed E-state index contributed by atoms with van der Waals surface area (Å²) in [5.74, 6) is 0.558. The van der Waals surface area contributed by atoms with Crippen molar-refractivity contribution in [3.8, 4) is 0 Å². The third-order valence-corrected chi connectivity index (χ3v) is 2.66. The molecule has 0 aromatic carbocycles. The predicted octanol–water partition coefficient (Wildman–Crippen LogP) is 0.990. The second-order valence-electron chi connectivity index (χ2n) is 4.16. The Bertz CT molecular complexity index is 440. The van der Waals surface area contributed by atoms with Crippen LogP contribution in [0.4, 0.5) is 0 Å². The fourth-order valence-corrected chi connectivity index (χ4v) is 1.64. The largest absolute Gasteiger partial charge is 0.465 e. The second-order valence-corrected chi connectivity index (χ2v) is 4.16. The maximum absolute atomic E-state index is 11.5. The Labute approximate surface area is 112 Å². The van der Waals surface area contributed by atoms with Crippen LogP contribution in [0.1, 0.15) is 34.7 Å². The number of methoxy groups -OCH3 is 1. The molecule has 0 bridgehead atoms. The summed E-state index contributed by atoms with van der Waals surface area (Å²) in [4.78, 5) is 22.9. The van der Waals surface area contributed by atoms with E-state index in [0.717, 1.165) is 13.0 Å². The fourth-order valence-electron chi connectivity index (χ4n) is 1.64. The average Bonchev–Trinajstić information content (AvgIpc) is 2.77. The Hall–Kier alpha value is -1.82. The minimum atomic E-state index is -0.437. The molecular weight excluding hydrogens is 248 g/mol. The van der Waals surface area contributed by atoms with Crippen LogP contribution in [0.2, 0.25) is 0 Å². The first-order chi connectivity index (χ1) is 9.08. The van der Waals surface area contributed by atoms with Crippen LogP contribution in [-0.4, -0.2) is 32.6 Å². The number of nitrogens with one attached hydrogen (secondary N) is 2. The highest BCUT2D eigenvalue weighted by Crippen LogP contribution is 2.15. The van der Waals surface area contributed by atoms with E-state index >= 15 is 0 Å². The Morgan fingerprint density at radius 3 is 2.79 bits per heavy atom. The van der Waals surface area contributed by atoms with Crippen molar-refractivity contribution in [3.63, 3.8) is 0 Å². The van der Waals surface area contributed by atoms with Crippen molar-refractivity contribution in [1.82, 2.24) is 10.6 Å². The lowest BCUT2D eigenvalue weighted by Gasteiger charge is -2.02. The number of carbonyl (C=O) groups is 2. The molecular formula is C13H20N2O4. The van der Waals surface area contributed by atoms with Crippen molar-refractivity contribution in [2.24, 2.45) is 0 Å². The summed E-state index contributed by atoms with van der Waals surface area (Å²) in [6.45, 7) is 2.76. The molecule has 19 heavy (non-hydrogen) atoms. The first kappa shape index (κ1) is 15.2. The Morgan fingerprint density at radius 2 is 2.16 bits per heavy atom. The van der Waals surface area contributed by atoms with Gasteiger partial charge in [0.1, 0.15) is 17.1 Å². The molecule has 0 saturated heterocycles. The number of amides is 1. The summed E-state index contributed by atoms with van der Waals surface area (Å²) < 4.78 is 10.0. The highest BCUT2D eigenvalue weighted by Gasteiger charge is 2.15. The van der Waals surface area contributed by atoms with Gasteiger partial charge in [0.2, 0.25) is 5.91 Å². The lowest BCUT2D eigenvalue weighted by Crippen LogP contribution is -2.23. The van der Waals surface area contributed by atoms with Crippen LogP contribution < -0.4 is 10.6 Å². The zero-order chi connectivity index (χ0) is 14.3. The third kappa shape index (κ3) is 4.75. The number of esters is 1. The maximum atomic E-state index is 11.5. The molecule has 1 amide bonds. The topological polar surface area (TPSA) is 80.6 Å². The SMILES string of the molecule is CNCCCC(=O)NCc1cc(C(=O)OC)c(C)o1. The summed E-state index contributed by atoms with van der Waals surface area (Å²) in [5, 5.41) is 5.72. The predicted molar refractivity (Wildman–Crippen MR) is 69.8 cm³/mol. The van der Waals surface area contributed by atoms with Gasteiger partial charge in [-0.2, -0.15) is 0 Å². The number of carbonyl (C=O) groups excluding carboxylic acids is 2. The van der Waals surface area contributed by atoms with E-state index < -0.39 is 5.97 Å². The second kappa shape index (κ2) is 7.58. The van der Waals surface area contributed by atoms with Gasteiger partial charge in [0.05, 0.1) is 13.7 Å². The van der Waals surface area contributed by atoms with Gasteiger partial charge in [-0.15, -0.1) is 0 Å². The molecule has 106 valence electrons. The van der Waals surface area contributed by atoms with E-state index in [1.54, 1.807) is 13.0 Å². The molecule has 0 unspecified atom stereocenters. The molecule has 1 aromatic heterocycles. The summed E-state index contributed by atoms with van der Waals surface area (Å²) in [7, 11) is 3.16. The Morgan fingerprint density at radius 1 is 1.42 bits per heavy atom. The molecule has 0 radical (unpaired) electrons.